The summed E-state index contributed by atoms with van der Waals surface area (Å²) in [6.07, 6.45) is 9.73. The minimum absolute atomic E-state index is 0.0858. The molecule has 1 aliphatic heterocycles. The van der Waals surface area contributed by atoms with Crippen LogP contribution in [0.2, 0.25) is 0 Å². The number of fused-ring (bicyclic) bond motifs is 2. The molecule has 3 heterocycles. The first-order chi connectivity index (χ1) is 14.6. The van der Waals surface area contributed by atoms with E-state index in [0.29, 0.717) is 12.3 Å². The van der Waals surface area contributed by atoms with E-state index in [0.717, 1.165) is 33.7 Å². The van der Waals surface area contributed by atoms with Crippen LogP contribution in [0.25, 0.3) is 16.9 Å². The molecular weight excluding hydrogens is 376 g/mol. The van der Waals surface area contributed by atoms with E-state index in [2.05, 4.69) is 42.0 Å². The Hall–Kier alpha value is -3.64. The lowest BCUT2D eigenvalue weighted by Gasteiger charge is -2.09. The third kappa shape index (κ3) is 3.21. The summed E-state index contributed by atoms with van der Waals surface area (Å²) < 4.78 is 2.04. The minimum atomic E-state index is -0.252. The summed E-state index contributed by atoms with van der Waals surface area (Å²) in [5, 5.41) is 3.01. The maximum absolute atomic E-state index is 12.9. The van der Waals surface area contributed by atoms with Crippen molar-refractivity contribution >= 4 is 11.6 Å². The molecule has 1 amide bonds. The van der Waals surface area contributed by atoms with Crippen molar-refractivity contribution in [1.82, 2.24) is 20.2 Å². The average molecular weight is 398 g/mol. The molecule has 1 aliphatic carbocycles. The van der Waals surface area contributed by atoms with Crippen LogP contribution in [0.5, 0.6) is 0 Å². The number of benzene rings is 1. The van der Waals surface area contributed by atoms with Crippen molar-refractivity contribution in [3.8, 4) is 11.3 Å². The number of aryl methyl sites for hydroxylation is 2. The number of imidazole rings is 1. The molecule has 0 saturated carbocycles. The number of aromatic nitrogens is 2. The standard InChI is InChI=1S/C24H22N4O2/c1-15-7-10-17(11-8-15)22-20(28-14-16(2)9-12-21(28)26-22)13-25-24(29)23-18-5-3-4-6-19(18)27-30-23/h3-12,14,19,27H,13H2,1-2H3,(H,25,29). The average Bonchev–Trinajstić information content (AvgIpc) is 3.34. The molecule has 1 aromatic carbocycles. The van der Waals surface area contributed by atoms with E-state index in [1.807, 2.05) is 54.0 Å². The first-order valence-electron chi connectivity index (χ1n) is 9.94. The molecule has 0 saturated heterocycles. The highest BCUT2D eigenvalue weighted by atomic mass is 16.7. The van der Waals surface area contributed by atoms with E-state index >= 15 is 0 Å². The Kier molecular flexibility index (Phi) is 4.48. The Morgan fingerprint density at radius 2 is 1.93 bits per heavy atom. The summed E-state index contributed by atoms with van der Waals surface area (Å²) >= 11 is 0. The van der Waals surface area contributed by atoms with Crippen LogP contribution in [0, 0.1) is 13.8 Å². The molecule has 2 aliphatic rings. The van der Waals surface area contributed by atoms with Gasteiger partial charge >= 0.3 is 0 Å². The maximum Gasteiger partial charge on any atom is 0.289 e. The lowest BCUT2D eigenvalue weighted by Crippen LogP contribution is -2.27. The molecule has 3 aromatic rings. The van der Waals surface area contributed by atoms with Crippen LogP contribution in [0.15, 0.2) is 78.2 Å². The van der Waals surface area contributed by atoms with Gasteiger partial charge in [-0.25, -0.2) is 4.98 Å². The Labute approximate surface area is 174 Å². The van der Waals surface area contributed by atoms with E-state index in [9.17, 15) is 4.79 Å². The second-order valence-corrected chi connectivity index (χ2v) is 7.62. The van der Waals surface area contributed by atoms with Crippen molar-refractivity contribution < 1.29 is 9.63 Å². The molecule has 1 unspecified atom stereocenters. The van der Waals surface area contributed by atoms with Crippen molar-refractivity contribution in [3.05, 3.63) is 95.1 Å². The Balaban J connectivity index is 1.49. The van der Waals surface area contributed by atoms with Gasteiger partial charge in [0, 0.05) is 17.3 Å². The Morgan fingerprint density at radius 1 is 1.13 bits per heavy atom. The Morgan fingerprint density at radius 3 is 2.77 bits per heavy atom. The minimum Gasteiger partial charge on any atom is -0.402 e. The third-order valence-electron chi connectivity index (χ3n) is 5.39. The van der Waals surface area contributed by atoms with Crippen LogP contribution in [0.3, 0.4) is 0 Å². The van der Waals surface area contributed by atoms with Gasteiger partial charge in [0.05, 0.1) is 24.0 Å². The highest BCUT2D eigenvalue weighted by Gasteiger charge is 2.29. The van der Waals surface area contributed by atoms with Gasteiger partial charge in [-0.05, 0) is 25.5 Å². The number of rotatable bonds is 4. The van der Waals surface area contributed by atoms with Gasteiger partial charge in [-0.1, -0.05) is 60.2 Å². The molecule has 150 valence electrons. The number of hydrogen-bond acceptors (Lipinski definition) is 4. The summed E-state index contributed by atoms with van der Waals surface area (Å²) in [4.78, 5) is 23.2. The first-order valence-corrected chi connectivity index (χ1v) is 9.94. The monoisotopic (exact) mass is 398 g/mol. The van der Waals surface area contributed by atoms with Gasteiger partial charge in [-0.15, -0.1) is 5.48 Å². The van der Waals surface area contributed by atoms with Crippen molar-refractivity contribution in [2.24, 2.45) is 0 Å². The van der Waals surface area contributed by atoms with Gasteiger partial charge in [-0.3, -0.25) is 4.79 Å². The summed E-state index contributed by atoms with van der Waals surface area (Å²) in [5.74, 6) is 0.0555. The molecule has 2 aromatic heterocycles. The highest BCUT2D eigenvalue weighted by Crippen LogP contribution is 2.26. The molecule has 6 heteroatoms. The van der Waals surface area contributed by atoms with Gasteiger partial charge in [0.1, 0.15) is 5.65 Å². The molecule has 0 bridgehead atoms. The number of carbonyl (C=O) groups is 1. The molecule has 0 spiro atoms. The normalized spacial score (nSPS) is 17.3. The number of nitrogens with zero attached hydrogens (tertiary/aromatic N) is 2. The second-order valence-electron chi connectivity index (χ2n) is 7.62. The van der Waals surface area contributed by atoms with Gasteiger partial charge in [0.15, 0.2) is 0 Å². The van der Waals surface area contributed by atoms with Crippen LogP contribution in [-0.4, -0.2) is 21.3 Å². The van der Waals surface area contributed by atoms with Crippen LogP contribution in [0.1, 0.15) is 16.8 Å². The van der Waals surface area contributed by atoms with Crippen molar-refractivity contribution in [2.45, 2.75) is 26.4 Å². The number of pyridine rings is 1. The molecule has 1 atom stereocenters. The molecular formula is C24H22N4O2. The van der Waals surface area contributed by atoms with E-state index in [1.54, 1.807) is 0 Å². The van der Waals surface area contributed by atoms with Crippen molar-refractivity contribution in [2.75, 3.05) is 0 Å². The highest BCUT2D eigenvalue weighted by molar-refractivity contribution is 5.93. The lowest BCUT2D eigenvalue weighted by atomic mass is 10.0. The quantitative estimate of drug-likeness (QED) is 0.706. The zero-order chi connectivity index (χ0) is 20.7. The number of nitrogens with one attached hydrogen (secondary N) is 2. The fourth-order valence-electron chi connectivity index (χ4n) is 3.78. The molecule has 30 heavy (non-hydrogen) atoms. The van der Waals surface area contributed by atoms with Gasteiger partial charge < -0.3 is 14.6 Å². The predicted molar refractivity (Wildman–Crippen MR) is 115 cm³/mol. The fraction of sp³-hybridized carbons (Fsp3) is 0.167. The Bertz CT molecular complexity index is 1230. The third-order valence-corrected chi connectivity index (χ3v) is 5.39. The number of hydroxylamine groups is 1. The first kappa shape index (κ1) is 18.4. The zero-order valence-corrected chi connectivity index (χ0v) is 16.8. The summed E-state index contributed by atoms with van der Waals surface area (Å²) in [5.41, 5.74) is 9.68. The van der Waals surface area contributed by atoms with Gasteiger partial charge in [0.25, 0.3) is 5.91 Å². The fourth-order valence-corrected chi connectivity index (χ4v) is 3.78. The molecule has 6 nitrogen and oxygen atoms in total. The van der Waals surface area contributed by atoms with Crippen LogP contribution < -0.4 is 10.8 Å². The van der Waals surface area contributed by atoms with Crippen molar-refractivity contribution in [3.63, 3.8) is 0 Å². The molecule has 2 N–H and O–H groups in total. The maximum atomic E-state index is 12.9. The van der Waals surface area contributed by atoms with Crippen LogP contribution in [-0.2, 0) is 16.2 Å². The largest absolute Gasteiger partial charge is 0.402 e. The molecule has 0 fully saturated rings. The number of carbonyl (C=O) groups excluding carboxylic acids is 1. The SMILES string of the molecule is Cc1ccc(-c2nc3ccc(C)cn3c2CNC(=O)C2=C3C=CC=CC3NO2)cc1. The van der Waals surface area contributed by atoms with Crippen molar-refractivity contribution in [1.29, 1.82) is 0 Å². The summed E-state index contributed by atoms with van der Waals surface area (Å²) in [6, 6.07) is 12.2. The second kappa shape index (κ2) is 7.31. The van der Waals surface area contributed by atoms with Gasteiger partial charge in [-0.2, -0.15) is 0 Å². The van der Waals surface area contributed by atoms with Gasteiger partial charge in [0.2, 0.25) is 5.76 Å². The smallest absolute Gasteiger partial charge is 0.289 e. The molecule has 5 rings (SSSR count). The summed E-state index contributed by atoms with van der Waals surface area (Å²) in [7, 11) is 0. The van der Waals surface area contributed by atoms with E-state index in [1.165, 1.54) is 5.56 Å². The summed E-state index contributed by atoms with van der Waals surface area (Å²) in [6.45, 7) is 4.43. The van der Waals surface area contributed by atoms with Crippen LogP contribution in [0.4, 0.5) is 0 Å². The van der Waals surface area contributed by atoms with Crippen LogP contribution >= 0.6 is 0 Å². The lowest BCUT2D eigenvalue weighted by molar-refractivity contribution is -0.121. The van der Waals surface area contributed by atoms with E-state index in [-0.39, 0.29) is 11.9 Å². The topological polar surface area (TPSA) is 67.7 Å². The number of allylic oxidation sites excluding steroid dienone is 2. The van der Waals surface area contributed by atoms with E-state index in [4.69, 9.17) is 9.82 Å². The number of amides is 1. The number of hydrogen-bond donors (Lipinski definition) is 2. The molecule has 0 radical (unpaired) electrons. The zero-order valence-electron chi connectivity index (χ0n) is 16.8. The predicted octanol–water partition coefficient (Wildman–Crippen LogP) is 3.52. The van der Waals surface area contributed by atoms with E-state index < -0.39 is 0 Å².